The second-order valence-electron chi connectivity index (χ2n) is 5.12. The Morgan fingerprint density at radius 3 is 2.62 bits per heavy atom. The van der Waals surface area contributed by atoms with E-state index in [1.807, 2.05) is 0 Å². The fourth-order valence-electron chi connectivity index (χ4n) is 2.29. The van der Waals surface area contributed by atoms with Gasteiger partial charge in [-0.3, -0.25) is 4.79 Å². The summed E-state index contributed by atoms with van der Waals surface area (Å²) in [6, 6.07) is 11.7. The second-order valence-corrected chi connectivity index (χ2v) is 5.52. The van der Waals surface area contributed by atoms with Crippen LogP contribution in [0.5, 0.6) is 0 Å². The highest BCUT2D eigenvalue weighted by molar-refractivity contribution is 6.30. The molecule has 2 aromatic carbocycles. The average molecular weight is 348 g/mol. The largest absolute Gasteiger partial charge is 0.309 e. The Labute approximate surface area is 141 Å². The number of carbonyl (C=O) groups excluding carboxylic acids is 1. The molecule has 0 aliphatic carbocycles. The van der Waals surface area contributed by atoms with Crippen LogP contribution in [0, 0.1) is 11.6 Å². The predicted octanol–water partition coefficient (Wildman–Crippen LogP) is 4.43. The van der Waals surface area contributed by atoms with Crippen LogP contribution in [0.3, 0.4) is 0 Å². The lowest BCUT2D eigenvalue weighted by molar-refractivity contribution is -0.114. The Bertz CT molecular complexity index is 924. The topological polar surface area (TPSA) is 46.9 Å². The number of aromatic nitrogens is 2. The number of benzene rings is 2. The molecule has 0 saturated carbocycles. The zero-order chi connectivity index (χ0) is 17.3. The molecule has 1 aromatic heterocycles. The Hall–Kier alpha value is -2.73. The van der Waals surface area contributed by atoms with Gasteiger partial charge in [0, 0.05) is 24.6 Å². The van der Waals surface area contributed by atoms with E-state index in [0.29, 0.717) is 16.9 Å². The van der Waals surface area contributed by atoms with Crippen LogP contribution in [0.15, 0.2) is 48.5 Å². The molecule has 0 fully saturated rings. The van der Waals surface area contributed by atoms with E-state index >= 15 is 0 Å². The van der Waals surface area contributed by atoms with Crippen molar-refractivity contribution >= 4 is 23.3 Å². The lowest BCUT2D eigenvalue weighted by Crippen LogP contribution is -2.07. The Balaban J connectivity index is 2.17. The number of carbonyl (C=O) groups is 1. The number of nitrogens with zero attached hydrogens (tertiary/aromatic N) is 2. The summed E-state index contributed by atoms with van der Waals surface area (Å²) < 4.78 is 28.7. The maximum atomic E-state index is 13.8. The highest BCUT2D eigenvalue weighted by Crippen LogP contribution is 2.28. The zero-order valence-corrected chi connectivity index (χ0v) is 13.3. The summed E-state index contributed by atoms with van der Waals surface area (Å²) >= 11 is 5.71. The zero-order valence-electron chi connectivity index (χ0n) is 12.6. The minimum Gasteiger partial charge on any atom is -0.309 e. The molecule has 0 bridgehead atoms. The fraction of sp³-hybridized carbons (Fsp3) is 0.0588. The molecule has 122 valence electrons. The van der Waals surface area contributed by atoms with Crippen LogP contribution in [0.25, 0.3) is 16.9 Å². The quantitative estimate of drug-likeness (QED) is 0.762. The number of hydrogen-bond donors (Lipinski definition) is 1. The van der Waals surface area contributed by atoms with Gasteiger partial charge in [-0.2, -0.15) is 0 Å². The third-order valence-corrected chi connectivity index (χ3v) is 3.59. The van der Waals surface area contributed by atoms with Gasteiger partial charge in [-0.05, 0) is 24.3 Å². The second kappa shape index (κ2) is 6.41. The molecule has 3 aromatic rings. The minimum absolute atomic E-state index is 0.0136. The van der Waals surface area contributed by atoms with Gasteiger partial charge in [0.1, 0.15) is 11.6 Å². The smallest absolute Gasteiger partial charge is 0.222 e. The summed E-state index contributed by atoms with van der Waals surface area (Å²) in [5, 5.41) is 6.80. The molecule has 1 heterocycles. The van der Waals surface area contributed by atoms with Crippen molar-refractivity contribution in [1.29, 1.82) is 0 Å². The first-order chi connectivity index (χ1) is 11.4. The number of rotatable bonds is 3. The van der Waals surface area contributed by atoms with Crippen molar-refractivity contribution in [2.24, 2.45) is 0 Å². The number of nitrogens with one attached hydrogen (secondary N) is 1. The van der Waals surface area contributed by atoms with Gasteiger partial charge in [-0.1, -0.05) is 23.7 Å². The molecule has 3 rings (SSSR count). The average Bonchev–Trinajstić information content (AvgIpc) is 2.93. The van der Waals surface area contributed by atoms with Crippen LogP contribution in [0.4, 0.5) is 14.6 Å². The van der Waals surface area contributed by atoms with Crippen molar-refractivity contribution < 1.29 is 13.6 Å². The van der Waals surface area contributed by atoms with Gasteiger partial charge >= 0.3 is 0 Å². The van der Waals surface area contributed by atoms with Crippen LogP contribution in [0.1, 0.15) is 6.92 Å². The van der Waals surface area contributed by atoms with E-state index in [9.17, 15) is 13.6 Å². The molecule has 1 amide bonds. The van der Waals surface area contributed by atoms with Crippen molar-refractivity contribution in [1.82, 2.24) is 9.78 Å². The van der Waals surface area contributed by atoms with Gasteiger partial charge in [0.05, 0.1) is 16.4 Å². The third-order valence-electron chi connectivity index (χ3n) is 3.28. The Kier molecular flexibility index (Phi) is 4.31. The van der Waals surface area contributed by atoms with Gasteiger partial charge in [-0.25, -0.2) is 13.5 Å². The summed E-state index contributed by atoms with van der Waals surface area (Å²) in [5.74, 6) is -1.04. The molecule has 0 aliphatic heterocycles. The van der Waals surface area contributed by atoms with Crippen molar-refractivity contribution in [2.45, 2.75) is 6.92 Å². The van der Waals surface area contributed by atoms with Crippen LogP contribution in [-0.2, 0) is 4.79 Å². The molecule has 7 heteroatoms. The van der Waals surface area contributed by atoms with Crippen LogP contribution >= 0.6 is 11.6 Å². The third kappa shape index (κ3) is 3.28. The van der Waals surface area contributed by atoms with Crippen molar-refractivity contribution in [2.75, 3.05) is 5.32 Å². The lowest BCUT2D eigenvalue weighted by atomic mass is 10.1. The lowest BCUT2D eigenvalue weighted by Gasteiger charge is -2.08. The molecule has 0 atom stereocenters. The van der Waals surface area contributed by atoms with Crippen LogP contribution < -0.4 is 5.32 Å². The molecule has 0 aliphatic rings. The number of halogens is 3. The SMILES string of the molecule is CC(=O)Nc1cc(-c2cccc(F)c2)n(-c2ccc(Cl)c(F)c2)n1. The first-order valence-corrected chi connectivity index (χ1v) is 7.41. The van der Waals surface area contributed by atoms with Crippen LogP contribution in [-0.4, -0.2) is 15.7 Å². The maximum absolute atomic E-state index is 13.8. The van der Waals surface area contributed by atoms with E-state index in [4.69, 9.17) is 11.6 Å². The standard InChI is InChI=1S/C17H12ClF2N3O/c1-10(24)21-17-9-16(11-3-2-4-12(19)7-11)23(22-17)13-5-6-14(18)15(20)8-13/h2-9H,1H3,(H,21,22,24). The van der Waals surface area contributed by atoms with E-state index in [1.54, 1.807) is 24.3 Å². The molecular formula is C17H12ClF2N3O. The molecule has 4 nitrogen and oxygen atoms in total. The van der Waals surface area contributed by atoms with Crippen molar-refractivity contribution in [3.05, 3.63) is 65.2 Å². The molecular weight excluding hydrogens is 336 g/mol. The molecule has 1 N–H and O–H groups in total. The minimum atomic E-state index is -0.601. The highest BCUT2D eigenvalue weighted by atomic mass is 35.5. The van der Waals surface area contributed by atoms with Crippen LogP contribution in [0.2, 0.25) is 5.02 Å². The Morgan fingerprint density at radius 2 is 1.96 bits per heavy atom. The maximum Gasteiger partial charge on any atom is 0.222 e. The van der Waals surface area contributed by atoms with Gasteiger partial charge in [0.2, 0.25) is 5.91 Å². The number of amides is 1. The normalized spacial score (nSPS) is 10.7. The first kappa shape index (κ1) is 16.1. The monoisotopic (exact) mass is 347 g/mol. The fourth-order valence-corrected chi connectivity index (χ4v) is 2.41. The molecule has 0 unspecified atom stereocenters. The van der Waals surface area contributed by atoms with E-state index in [1.165, 1.54) is 35.9 Å². The van der Waals surface area contributed by atoms with E-state index in [-0.39, 0.29) is 16.7 Å². The molecule has 0 radical (unpaired) electrons. The Morgan fingerprint density at radius 1 is 1.17 bits per heavy atom. The predicted molar refractivity (Wildman–Crippen MR) is 88.2 cm³/mol. The van der Waals surface area contributed by atoms with Gasteiger partial charge in [0.25, 0.3) is 0 Å². The van der Waals surface area contributed by atoms with Gasteiger partial charge in [-0.15, -0.1) is 5.10 Å². The van der Waals surface area contributed by atoms with Crippen molar-refractivity contribution in [3.8, 4) is 16.9 Å². The van der Waals surface area contributed by atoms with E-state index in [0.717, 1.165) is 0 Å². The van der Waals surface area contributed by atoms with E-state index < -0.39 is 11.6 Å². The van der Waals surface area contributed by atoms with Gasteiger partial charge in [0.15, 0.2) is 5.82 Å². The summed E-state index contributed by atoms with van der Waals surface area (Å²) in [6.07, 6.45) is 0. The molecule has 0 spiro atoms. The molecule has 24 heavy (non-hydrogen) atoms. The first-order valence-electron chi connectivity index (χ1n) is 7.03. The summed E-state index contributed by atoms with van der Waals surface area (Å²) in [6.45, 7) is 1.35. The summed E-state index contributed by atoms with van der Waals surface area (Å²) in [4.78, 5) is 11.3. The van der Waals surface area contributed by atoms with Gasteiger partial charge < -0.3 is 5.32 Å². The number of hydrogen-bond acceptors (Lipinski definition) is 2. The highest BCUT2D eigenvalue weighted by Gasteiger charge is 2.14. The van der Waals surface area contributed by atoms with Crippen molar-refractivity contribution in [3.63, 3.8) is 0 Å². The summed E-state index contributed by atoms with van der Waals surface area (Å²) in [5.41, 5.74) is 1.43. The molecule has 0 saturated heterocycles. The summed E-state index contributed by atoms with van der Waals surface area (Å²) in [7, 11) is 0. The van der Waals surface area contributed by atoms with E-state index in [2.05, 4.69) is 10.4 Å². The number of anilines is 1.